The lowest BCUT2D eigenvalue weighted by Crippen LogP contribution is -2.62. The number of ether oxygens (including phenoxy) is 1. The summed E-state index contributed by atoms with van der Waals surface area (Å²) in [5.41, 5.74) is -0.918. The van der Waals surface area contributed by atoms with Gasteiger partial charge < -0.3 is 15.0 Å². The highest BCUT2D eigenvalue weighted by atomic mass is 16.5. The van der Waals surface area contributed by atoms with Gasteiger partial charge in [-0.15, -0.1) is 0 Å². The molecule has 0 aliphatic carbocycles. The number of fused-ring (bicyclic) bond motifs is 3. The number of rotatable bonds is 4. The maximum Gasteiger partial charge on any atom is 0.329 e. The van der Waals surface area contributed by atoms with Gasteiger partial charge in [-0.05, 0) is 25.1 Å². The number of nitrogens with zero attached hydrogens (tertiary/aromatic N) is 1. The van der Waals surface area contributed by atoms with Gasteiger partial charge in [0.15, 0.2) is 5.66 Å². The van der Waals surface area contributed by atoms with Crippen LogP contribution in [0.25, 0.3) is 0 Å². The van der Waals surface area contributed by atoms with Crippen LogP contribution in [0.2, 0.25) is 0 Å². The molecule has 2 heterocycles. The number of hydrogen-bond donors (Lipinski definition) is 1. The number of para-hydroxylation sites is 2. The van der Waals surface area contributed by atoms with Crippen molar-refractivity contribution < 1.29 is 19.1 Å². The molecule has 5 rings (SSSR count). The van der Waals surface area contributed by atoms with E-state index in [2.05, 4.69) is 5.32 Å². The first-order chi connectivity index (χ1) is 15.1. The molecule has 2 aliphatic rings. The normalized spacial score (nSPS) is 23.8. The number of esters is 1. The average Bonchev–Trinajstić information content (AvgIpc) is 3.20. The SMILES string of the molecule is CCOC(=O)[C@@]12C(=O)C(=O)N[C@@]1(c1ccccc1)N(c1ccccc1)c1ccccc12. The van der Waals surface area contributed by atoms with Crippen LogP contribution in [0.4, 0.5) is 11.4 Å². The van der Waals surface area contributed by atoms with Crippen molar-refractivity contribution >= 4 is 29.0 Å². The molecule has 0 radical (unpaired) electrons. The second kappa shape index (κ2) is 6.80. The van der Waals surface area contributed by atoms with Crippen LogP contribution in [0.15, 0.2) is 84.9 Å². The minimum atomic E-state index is -1.88. The molecule has 1 amide bonds. The summed E-state index contributed by atoms with van der Waals surface area (Å²) in [6.07, 6.45) is 0. The van der Waals surface area contributed by atoms with E-state index in [4.69, 9.17) is 4.74 Å². The molecule has 0 saturated carbocycles. The van der Waals surface area contributed by atoms with Crippen molar-refractivity contribution in [2.24, 2.45) is 0 Å². The van der Waals surface area contributed by atoms with E-state index in [-0.39, 0.29) is 6.61 Å². The standard InChI is InChI=1S/C25H20N2O4/c1-2-31-23(30)24-19-15-9-10-16-20(19)27(18-13-7-4-8-14-18)25(24,26-22(29)21(24)28)17-11-5-3-6-12-17/h3-16H,2H2,1H3,(H,26,29)/t24-,25+/m1/s1. The van der Waals surface area contributed by atoms with Gasteiger partial charge in [-0.3, -0.25) is 14.4 Å². The van der Waals surface area contributed by atoms with Gasteiger partial charge in [0.2, 0.25) is 11.2 Å². The van der Waals surface area contributed by atoms with Gasteiger partial charge in [0, 0.05) is 22.5 Å². The largest absolute Gasteiger partial charge is 0.465 e. The Bertz CT molecular complexity index is 1190. The molecule has 1 fully saturated rings. The first-order valence-corrected chi connectivity index (χ1v) is 10.1. The van der Waals surface area contributed by atoms with E-state index in [9.17, 15) is 14.4 Å². The van der Waals surface area contributed by atoms with E-state index in [1.54, 1.807) is 19.1 Å². The third-order valence-electron chi connectivity index (χ3n) is 6.06. The smallest absolute Gasteiger partial charge is 0.329 e. The highest BCUT2D eigenvalue weighted by Gasteiger charge is 2.78. The maximum atomic E-state index is 13.7. The molecule has 2 atom stereocenters. The number of anilines is 2. The Morgan fingerprint density at radius 2 is 1.52 bits per heavy atom. The topological polar surface area (TPSA) is 75.7 Å². The van der Waals surface area contributed by atoms with Gasteiger partial charge in [0.25, 0.3) is 5.91 Å². The first kappa shape index (κ1) is 19.1. The molecular formula is C25H20N2O4. The van der Waals surface area contributed by atoms with Crippen molar-refractivity contribution in [3.05, 3.63) is 96.1 Å². The molecule has 3 aromatic carbocycles. The van der Waals surface area contributed by atoms with Crippen molar-refractivity contribution in [3.63, 3.8) is 0 Å². The molecule has 0 bridgehead atoms. The van der Waals surface area contributed by atoms with Crippen molar-refractivity contribution in [1.29, 1.82) is 0 Å². The van der Waals surface area contributed by atoms with Gasteiger partial charge in [-0.25, -0.2) is 0 Å². The van der Waals surface area contributed by atoms with Crippen molar-refractivity contribution in [1.82, 2.24) is 5.32 Å². The van der Waals surface area contributed by atoms with Crippen LogP contribution >= 0.6 is 0 Å². The van der Waals surface area contributed by atoms with Crippen LogP contribution in [0, 0.1) is 0 Å². The summed E-state index contributed by atoms with van der Waals surface area (Å²) in [6, 6.07) is 25.7. The van der Waals surface area contributed by atoms with Crippen LogP contribution in [-0.2, 0) is 30.2 Å². The lowest BCUT2D eigenvalue weighted by Gasteiger charge is -2.43. The Morgan fingerprint density at radius 3 is 2.19 bits per heavy atom. The Kier molecular flexibility index (Phi) is 4.18. The lowest BCUT2D eigenvalue weighted by atomic mass is 9.69. The van der Waals surface area contributed by atoms with Gasteiger partial charge in [0.1, 0.15) is 0 Å². The molecule has 0 aromatic heterocycles. The Hall–Kier alpha value is -3.93. The summed E-state index contributed by atoms with van der Waals surface area (Å²) in [5.74, 6) is -2.37. The fraction of sp³-hybridized carbons (Fsp3) is 0.160. The summed E-state index contributed by atoms with van der Waals surface area (Å²) in [4.78, 5) is 42.1. The molecular weight excluding hydrogens is 392 g/mol. The van der Waals surface area contributed by atoms with Gasteiger partial charge in [-0.2, -0.15) is 0 Å². The summed E-state index contributed by atoms with van der Waals surface area (Å²) < 4.78 is 5.46. The van der Waals surface area contributed by atoms with Crippen molar-refractivity contribution in [2.45, 2.75) is 18.0 Å². The quantitative estimate of drug-likeness (QED) is 0.405. The highest BCUT2D eigenvalue weighted by Crippen LogP contribution is 2.61. The molecule has 6 nitrogen and oxygen atoms in total. The number of Topliss-reactive ketones (excluding diaryl/α,β-unsaturated/α-hetero) is 1. The molecule has 1 saturated heterocycles. The van der Waals surface area contributed by atoms with Gasteiger partial charge >= 0.3 is 5.97 Å². The second-order valence-corrected chi connectivity index (χ2v) is 7.52. The van der Waals surface area contributed by atoms with Crippen molar-refractivity contribution in [3.8, 4) is 0 Å². The molecule has 6 heteroatoms. The van der Waals surface area contributed by atoms with Gasteiger partial charge in [-0.1, -0.05) is 66.7 Å². The van der Waals surface area contributed by atoms with Crippen LogP contribution < -0.4 is 10.2 Å². The first-order valence-electron chi connectivity index (χ1n) is 10.1. The predicted molar refractivity (Wildman–Crippen MR) is 115 cm³/mol. The fourth-order valence-corrected chi connectivity index (χ4v) is 4.95. The minimum absolute atomic E-state index is 0.0838. The Balaban J connectivity index is 1.95. The van der Waals surface area contributed by atoms with E-state index in [0.29, 0.717) is 16.8 Å². The summed E-state index contributed by atoms with van der Waals surface area (Å²) in [5, 5.41) is 2.91. The van der Waals surface area contributed by atoms with Crippen LogP contribution in [0.1, 0.15) is 18.1 Å². The molecule has 0 unspecified atom stereocenters. The second-order valence-electron chi connectivity index (χ2n) is 7.52. The molecule has 31 heavy (non-hydrogen) atoms. The van der Waals surface area contributed by atoms with E-state index < -0.39 is 28.7 Å². The number of nitrogens with one attached hydrogen (secondary N) is 1. The highest BCUT2D eigenvalue weighted by molar-refractivity contribution is 6.48. The molecule has 154 valence electrons. The summed E-state index contributed by atoms with van der Waals surface area (Å²) in [7, 11) is 0. The number of benzene rings is 3. The Labute approximate surface area is 179 Å². The maximum absolute atomic E-state index is 13.7. The zero-order chi connectivity index (χ0) is 21.6. The number of carbonyl (C=O) groups excluding carboxylic acids is 3. The summed E-state index contributed by atoms with van der Waals surface area (Å²) in [6.45, 7) is 1.77. The molecule has 0 spiro atoms. The average molecular weight is 412 g/mol. The van der Waals surface area contributed by atoms with E-state index >= 15 is 0 Å². The Morgan fingerprint density at radius 1 is 0.903 bits per heavy atom. The van der Waals surface area contributed by atoms with Crippen molar-refractivity contribution in [2.75, 3.05) is 11.5 Å². The minimum Gasteiger partial charge on any atom is -0.465 e. The van der Waals surface area contributed by atoms with Gasteiger partial charge in [0.05, 0.1) is 6.61 Å². The van der Waals surface area contributed by atoms with E-state index in [0.717, 1.165) is 5.69 Å². The number of ketones is 1. The molecule has 2 aliphatic heterocycles. The number of hydrogen-bond acceptors (Lipinski definition) is 5. The fourth-order valence-electron chi connectivity index (χ4n) is 4.95. The number of amides is 1. The predicted octanol–water partition coefficient (Wildman–Crippen LogP) is 3.19. The van der Waals surface area contributed by atoms with E-state index in [1.807, 2.05) is 77.7 Å². The lowest BCUT2D eigenvalue weighted by molar-refractivity contribution is -0.156. The van der Waals surface area contributed by atoms with Crippen LogP contribution in [0.5, 0.6) is 0 Å². The zero-order valence-corrected chi connectivity index (χ0v) is 16.9. The van der Waals surface area contributed by atoms with Crippen LogP contribution in [-0.4, -0.2) is 24.3 Å². The molecule has 1 N–H and O–H groups in total. The monoisotopic (exact) mass is 412 g/mol. The molecule has 3 aromatic rings. The third kappa shape index (κ3) is 2.24. The zero-order valence-electron chi connectivity index (χ0n) is 16.9. The third-order valence-corrected chi connectivity index (χ3v) is 6.06. The van der Waals surface area contributed by atoms with E-state index in [1.165, 1.54) is 0 Å². The number of carbonyl (C=O) groups is 3. The summed E-state index contributed by atoms with van der Waals surface area (Å²) >= 11 is 0. The van der Waals surface area contributed by atoms with Crippen LogP contribution in [0.3, 0.4) is 0 Å².